The third-order valence-electron chi connectivity index (χ3n) is 4.08. The van der Waals surface area contributed by atoms with E-state index in [2.05, 4.69) is 5.32 Å². The van der Waals surface area contributed by atoms with Crippen LogP contribution >= 0.6 is 23.2 Å². The van der Waals surface area contributed by atoms with Gasteiger partial charge in [-0.25, -0.2) is 0 Å². The standard InChI is InChI=1S/C18H16Cl2N2O3/c1-25-17-13(20)7-6-12(19)16(17)18(24)21-10-15(23)22-9-8-11-4-2-3-5-14(11)22/h2-7H,8-10H2,1H3,(H,21,24). The minimum atomic E-state index is -0.509. The fourth-order valence-corrected chi connectivity index (χ4v) is 3.35. The lowest BCUT2D eigenvalue weighted by molar-refractivity contribution is -0.117. The summed E-state index contributed by atoms with van der Waals surface area (Å²) in [6, 6.07) is 10.8. The molecule has 0 aromatic heterocycles. The number of fused-ring (bicyclic) bond motifs is 1. The number of carbonyl (C=O) groups is 2. The molecule has 7 heteroatoms. The fraction of sp³-hybridized carbons (Fsp3) is 0.222. The summed E-state index contributed by atoms with van der Waals surface area (Å²) >= 11 is 12.1. The predicted molar refractivity (Wildman–Crippen MR) is 97.8 cm³/mol. The Hall–Kier alpha value is -2.24. The summed E-state index contributed by atoms with van der Waals surface area (Å²) in [5, 5.41) is 3.08. The Balaban J connectivity index is 1.72. The lowest BCUT2D eigenvalue weighted by atomic mass is 10.2. The molecule has 130 valence electrons. The zero-order valence-electron chi connectivity index (χ0n) is 13.5. The number of benzene rings is 2. The van der Waals surface area contributed by atoms with Crippen LogP contribution in [0, 0.1) is 0 Å². The molecule has 0 fully saturated rings. The number of carbonyl (C=O) groups excluding carboxylic acids is 2. The van der Waals surface area contributed by atoms with Crippen LogP contribution in [0.3, 0.4) is 0 Å². The van der Waals surface area contributed by atoms with Gasteiger partial charge in [0.1, 0.15) is 5.56 Å². The van der Waals surface area contributed by atoms with Crippen molar-refractivity contribution in [3.05, 3.63) is 57.6 Å². The summed E-state index contributed by atoms with van der Waals surface area (Å²) in [4.78, 5) is 26.6. The number of nitrogens with zero attached hydrogens (tertiary/aromatic N) is 1. The zero-order valence-corrected chi connectivity index (χ0v) is 15.0. The third kappa shape index (κ3) is 3.43. The Kier molecular flexibility index (Phi) is 5.16. The van der Waals surface area contributed by atoms with Gasteiger partial charge in [-0.3, -0.25) is 9.59 Å². The summed E-state index contributed by atoms with van der Waals surface area (Å²) < 4.78 is 5.16. The summed E-state index contributed by atoms with van der Waals surface area (Å²) in [6.45, 7) is 0.467. The summed E-state index contributed by atoms with van der Waals surface area (Å²) in [7, 11) is 1.40. The SMILES string of the molecule is COc1c(Cl)ccc(Cl)c1C(=O)NCC(=O)N1CCc2ccccc21. The van der Waals surface area contributed by atoms with Gasteiger partial charge in [0.15, 0.2) is 5.75 Å². The molecule has 0 aliphatic carbocycles. The number of anilines is 1. The highest BCUT2D eigenvalue weighted by Crippen LogP contribution is 2.33. The van der Waals surface area contributed by atoms with Crippen molar-refractivity contribution in [3.8, 4) is 5.75 Å². The molecule has 25 heavy (non-hydrogen) atoms. The molecule has 0 unspecified atom stereocenters. The van der Waals surface area contributed by atoms with E-state index in [1.807, 2.05) is 24.3 Å². The molecule has 1 heterocycles. The second-order valence-corrected chi connectivity index (χ2v) is 6.36. The molecule has 0 atom stereocenters. The zero-order chi connectivity index (χ0) is 18.0. The van der Waals surface area contributed by atoms with Crippen LogP contribution in [-0.2, 0) is 11.2 Å². The molecule has 2 amide bonds. The topological polar surface area (TPSA) is 58.6 Å². The van der Waals surface area contributed by atoms with Gasteiger partial charge >= 0.3 is 0 Å². The Morgan fingerprint density at radius 2 is 1.88 bits per heavy atom. The number of halogens is 2. The maximum absolute atomic E-state index is 12.5. The van der Waals surface area contributed by atoms with Gasteiger partial charge in [0, 0.05) is 12.2 Å². The van der Waals surface area contributed by atoms with E-state index >= 15 is 0 Å². The monoisotopic (exact) mass is 378 g/mol. The molecule has 0 saturated carbocycles. The van der Waals surface area contributed by atoms with Crippen LogP contribution in [-0.4, -0.2) is 32.0 Å². The molecule has 3 rings (SSSR count). The van der Waals surface area contributed by atoms with Crippen LogP contribution < -0.4 is 15.0 Å². The molecule has 0 spiro atoms. The van der Waals surface area contributed by atoms with Crippen molar-refractivity contribution < 1.29 is 14.3 Å². The van der Waals surface area contributed by atoms with Gasteiger partial charge in [0.2, 0.25) is 5.91 Å². The Bertz CT molecular complexity index is 839. The number of ether oxygens (including phenoxy) is 1. The van der Waals surface area contributed by atoms with Gasteiger partial charge < -0.3 is 15.0 Å². The van der Waals surface area contributed by atoms with E-state index < -0.39 is 5.91 Å². The first-order chi connectivity index (χ1) is 12.0. The first-order valence-corrected chi connectivity index (χ1v) is 8.47. The molecule has 1 aliphatic heterocycles. The molecule has 0 radical (unpaired) electrons. The van der Waals surface area contributed by atoms with Crippen LogP contribution in [0.25, 0.3) is 0 Å². The van der Waals surface area contributed by atoms with Crippen molar-refractivity contribution in [2.45, 2.75) is 6.42 Å². The average molecular weight is 379 g/mol. The molecular weight excluding hydrogens is 363 g/mol. The first-order valence-electron chi connectivity index (χ1n) is 7.71. The highest BCUT2D eigenvalue weighted by Gasteiger charge is 2.25. The Morgan fingerprint density at radius 1 is 1.16 bits per heavy atom. The normalized spacial score (nSPS) is 12.7. The number of para-hydroxylation sites is 1. The fourth-order valence-electron chi connectivity index (χ4n) is 2.88. The van der Waals surface area contributed by atoms with Crippen LogP contribution in [0.2, 0.25) is 10.0 Å². The molecule has 1 aliphatic rings. The van der Waals surface area contributed by atoms with Gasteiger partial charge in [-0.05, 0) is 30.2 Å². The average Bonchev–Trinajstić information content (AvgIpc) is 3.05. The molecule has 0 bridgehead atoms. The van der Waals surface area contributed by atoms with Crippen molar-refractivity contribution in [1.29, 1.82) is 0 Å². The number of amides is 2. The molecule has 1 N–H and O–H groups in total. The maximum atomic E-state index is 12.5. The van der Waals surface area contributed by atoms with E-state index in [0.717, 1.165) is 17.7 Å². The van der Waals surface area contributed by atoms with Crippen molar-refractivity contribution in [2.75, 3.05) is 25.1 Å². The largest absolute Gasteiger partial charge is 0.494 e. The minimum Gasteiger partial charge on any atom is -0.494 e. The molecule has 2 aromatic rings. The lowest BCUT2D eigenvalue weighted by Crippen LogP contribution is -2.39. The van der Waals surface area contributed by atoms with Crippen molar-refractivity contribution >= 4 is 40.7 Å². The van der Waals surface area contributed by atoms with Gasteiger partial charge in [-0.1, -0.05) is 41.4 Å². The highest BCUT2D eigenvalue weighted by molar-refractivity contribution is 6.37. The molecule has 5 nitrogen and oxygen atoms in total. The van der Waals surface area contributed by atoms with Crippen molar-refractivity contribution in [2.24, 2.45) is 0 Å². The van der Waals surface area contributed by atoms with Crippen LogP contribution in [0.15, 0.2) is 36.4 Å². The van der Waals surface area contributed by atoms with Gasteiger partial charge in [0.25, 0.3) is 5.91 Å². The number of hydrogen-bond donors (Lipinski definition) is 1. The highest BCUT2D eigenvalue weighted by atomic mass is 35.5. The molecule has 2 aromatic carbocycles. The first kappa shape index (κ1) is 17.6. The van der Waals surface area contributed by atoms with E-state index in [1.54, 1.807) is 11.0 Å². The quantitative estimate of drug-likeness (QED) is 0.887. The lowest BCUT2D eigenvalue weighted by Gasteiger charge is -2.18. The number of hydrogen-bond acceptors (Lipinski definition) is 3. The van der Waals surface area contributed by atoms with Crippen molar-refractivity contribution in [3.63, 3.8) is 0 Å². The minimum absolute atomic E-state index is 0.117. The van der Waals surface area contributed by atoms with Gasteiger partial charge in [-0.2, -0.15) is 0 Å². The van der Waals surface area contributed by atoms with Crippen LogP contribution in [0.1, 0.15) is 15.9 Å². The smallest absolute Gasteiger partial charge is 0.257 e. The predicted octanol–water partition coefficient (Wildman–Crippen LogP) is 3.32. The Labute approximate surface area is 155 Å². The van der Waals surface area contributed by atoms with Crippen LogP contribution in [0.5, 0.6) is 5.75 Å². The number of methoxy groups -OCH3 is 1. The van der Waals surface area contributed by atoms with E-state index in [0.29, 0.717) is 6.54 Å². The van der Waals surface area contributed by atoms with E-state index in [1.165, 1.54) is 13.2 Å². The second kappa shape index (κ2) is 7.33. The second-order valence-electron chi connectivity index (χ2n) is 5.54. The summed E-state index contributed by atoms with van der Waals surface area (Å²) in [6.07, 6.45) is 0.809. The third-order valence-corrected chi connectivity index (χ3v) is 4.69. The molecule has 0 saturated heterocycles. The van der Waals surface area contributed by atoms with Crippen LogP contribution in [0.4, 0.5) is 5.69 Å². The number of rotatable bonds is 4. The number of nitrogens with one attached hydrogen (secondary N) is 1. The summed E-state index contributed by atoms with van der Waals surface area (Å²) in [5.74, 6) is -0.508. The van der Waals surface area contributed by atoms with E-state index in [9.17, 15) is 9.59 Å². The van der Waals surface area contributed by atoms with Gasteiger partial charge in [-0.15, -0.1) is 0 Å². The Morgan fingerprint density at radius 3 is 2.64 bits per heavy atom. The van der Waals surface area contributed by atoms with Gasteiger partial charge in [0.05, 0.1) is 23.7 Å². The maximum Gasteiger partial charge on any atom is 0.257 e. The molecular formula is C18H16Cl2N2O3. The summed E-state index contributed by atoms with van der Waals surface area (Å²) in [5.41, 5.74) is 2.13. The van der Waals surface area contributed by atoms with E-state index in [-0.39, 0.29) is 33.8 Å². The van der Waals surface area contributed by atoms with Crippen molar-refractivity contribution in [1.82, 2.24) is 5.32 Å². The van der Waals surface area contributed by atoms with E-state index in [4.69, 9.17) is 27.9 Å².